The lowest BCUT2D eigenvalue weighted by Gasteiger charge is -2.11. The maximum Gasteiger partial charge on any atom is 0.250 e. The van der Waals surface area contributed by atoms with Crippen LogP contribution in [0.15, 0.2) is 77.0 Å². The molecule has 0 aliphatic rings. The monoisotopic (exact) mass is 535 g/mol. The van der Waals surface area contributed by atoms with Crippen molar-refractivity contribution >= 4 is 35.0 Å². The lowest BCUT2D eigenvalue weighted by molar-refractivity contribution is -0.118. The zero-order valence-corrected chi connectivity index (χ0v) is 22.4. The summed E-state index contributed by atoms with van der Waals surface area (Å²) in [5.74, 6) is 1.70. The van der Waals surface area contributed by atoms with Gasteiger partial charge in [0.25, 0.3) is 5.91 Å². The Hall–Kier alpha value is -3.82. The Kier molecular flexibility index (Phi) is 8.47. The molecule has 0 atom stereocenters. The minimum absolute atomic E-state index is 0.104. The fourth-order valence-corrected chi connectivity index (χ4v) is 4.38. The predicted molar refractivity (Wildman–Crippen MR) is 147 cm³/mol. The number of ether oxygens (including phenoxy) is 2. The van der Waals surface area contributed by atoms with E-state index in [0.717, 1.165) is 22.4 Å². The number of rotatable bonds is 9. The number of thioether (sulfide) groups is 1. The van der Waals surface area contributed by atoms with E-state index in [-0.39, 0.29) is 11.7 Å². The molecule has 3 aromatic carbocycles. The number of amides is 1. The number of benzene rings is 3. The summed E-state index contributed by atoms with van der Waals surface area (Å²) in [7, 11) is 3.15. The van der Waals surface area contributed by atoms with Crippen LogP contribution in [0, 0.1) is 6.92 Å². The molecule has 1 N–H and O–H groups in total. The molecular weight excluding hydrogens is 510 g/mol. The molecule has 8 nitrogen and oxygen atoms in total. The largest absolute Gasteiger partial charge is 0.493 e. The van der Waals surface area contributed by atoms with E-state index in [4.69, 9.17) is 21.1 Å². The van der Waals surface area contributed by atoms with Crippen molar-refractivity contribution in [3.63, 3.8) is 0 Å². The summed E-state index contributed by atoms with van der Waals surface area (Å²) in [6.45, 7) is 3.83. The van der Waals surface area contributed by atoms with Crippen LogP contribution in [0.3, 0.4) is 0 Å². The number of carbonyl (C=O) groups excluding carboxylic acids is 1. The Labute approximate surface area is 224 Å². The number of aromatic nitrogens is 3. The third kappa shape index (κ3) is 6.31. The van der Waals surface area contributed by atoms with E-state index >= 15 is 0 Å². The van der Waals surface area contributed by atoms with Crippen LogP contribution < -0.4 is 14.9 Å². The molecule has 0 aliphatic carbocycles. The van der Waals surface area contributed by atoms with Crippen molar-refractivity contribution in [3.8, 4) is 28.6 Å². The fraction of sp³-hybridized carbons (Fsp3) is 0.185. The van der Waals surface area contributed by atoms with Gasteiger partial charge in [0.15, 0.2) is 22.5 Å². The molecule has 4 aromatic rings. The third-order valence-electron chi connectivity index (χ3n) is 5.51. The second-order valence-electron chi connectivity index (χ2n) is 8.07. The summed E-state index contributed by atoms with van der Waals surface area (Å²) in [4.78, 5) is 12.6. The van der Waals surface area contributed by atoms with Crippen LogP contribution in [0.1, 0.15) is 18.1 Å². The van der Waals surface area contributed by atoms with Gasteiger partial charge in [-0.2, -0.15) is 5.10 Å². The maximum absolute atomic E-state index is 12.6. The number of hydrazone groups is 1. The van der Waals surface area contributed by atoms with Gasteiger partial charge in [-0.05, 0) is 68.4 Å². The standard InChI is InChI=1S/C27H26ClN5O3S/c1-17-5-12-22(13-6-17)33-26(19-7-10-21(28)11-8-19)31-32-27(33)37-16-25(34)30-29-18(2)20-9-14-23(35-3)24(15-20)36-4/h5-15H,16H2,1-4H3,(H,30,34)/b29-18+. The number of nitrogens with one attached hydrogen (secondary N) is 1. The van der Waals surface area contributed by atoms with Crippen LogP contribution in [0.4, 0.5) is 0 Å². The average Bonchev–Trinajstić information content (AvgIpc) is 3.34. The van der Waals surface area contributed by atoms with Gasteiger partial charge in [0.1, 0.15) is 0 Å². The summed E-state index contributed by atoms with van der Waals surface area (Å²) in [5, 5.41) is 14.2. The molecule has 37 heavy (non-hydrogen) atoms. The predicted octanol–water partition coefficient (Wildman–Crippen LogP) is 5.55. The van der Waals surface area contributed by atoms with Gasteiger partial charge in [0, 0.05) is 21.8 Å². The molecule has 0 radical (unpaired) electrons. The summed E-state index contributed by atoms with van der Waals surface area (Å²) in [5.41, 5.74) is 6.95. The molecule has 0 aliphatic heterocycles. The van der Waals surface area contributed by atoms with Crippen LogP contribution in [0.25, 0.3) is 17.1 Å². The van der Waals surface area contributed by atoms with E-state index in [2.05, 4.69) is 20.7 Å². The average molecular weight is 536 g/mol. The van der Waals surface area contributed by atoms with E-state index in [1.807, 2.05) is 66.1 Å². The number of halogens is 1. The quantitative estimate of drug-likeness (QED) is 0.172. The topological polar surface area (TPSA) is 90.6 Å². The second kappa shape index (κ2) is 11.9. The molecule has 4 rings (SSSR count). The molecule has 0 fully saturated rings. The first-order valence-corrected chi connectivity index (χ1v) is 12.7. The van der Waals surface area contributed by atoms with Gasteiger partial charge in [-0.1, -0.05) is 41.1 Å². The minimum atomic E-state index is -0.267. The Morgan fingerprint density at radius 3 is 2.38 bits per heavy atom. The zero-order valence-electron chi connectivity index (χ0n) is 20.9. The van der Waals surface area contributed by atoms with Crippen molar-refractivity contribution < 1.29 is 14.3 Å². The van der Waals surface area contributed by atoms with Gasteiger partial charge in [-0.3, -0.25) is 9.36 Å². The molecule has 0 saturated carbocycles. The number of aryl methyl sites for hydroxylation is 1. The van der Waals surface area contributed by atoms with Gasteiger partial charge in [0.2, 0.25) is 0 Å². The summed E-state index contributed by atoms with van der Waals surface area (Å²) >= 11 is 7.35. The van der Waals surface area contributed by atoms with E-state index in [0.29, 0.717) is 33.2 Å². The van der Waals surface area contributed by atoms with Crippen molar-refractivity contribution in [2.75, 3.05) is 20.0 Å². The Balaban J connectivity index is 1.51. The van der Waals surface area contributed by atoms with Gasteiger partial charge >= 0.3 is 0 Å². The van der Waals surface area contributed by atoms with Crippen molar-refractivity contribution in [1.82, 2.24) is 20.2 Å². The third-order valence-corrected chi connectivity index (χ3v) is 6.69. The Morgan fingerprint density at radius 1 is 1.00 bits per heavy atom. The fourth-order valence-electron chi connectivity index (χ4n) is 3.51. The van der Waals surface area contributed by atoms with E-state index in [9.17, 15) is 4.79 Å². The second-order valence-corrected chi connectivity index (χ2v) is 9.45. The van der Waals surface area contributed by atoms with Gasteiger partial charge in [-0.15, -0.1) is 10.2 Å². The molecule has 0 saturated heterocycles. The summed E-state index contributed by atoms with van der Waals surface area (Å²) < 4.78 is 12.5. The number of hydrogen-bond donors (Lipinski definition) is 1. The minimum Gasteiger partial charge on any atom is -0.493 e. The van der Waals surface area contributed by atoms with Crippen molar-refractivity contribution in [3.05, 3.63) is 82.9 Å². The van der Waals surface area contributed by atoms with Crippen LogP contribution in [0.2, 0.25) is 5.02 Å². The molecule has 190 valence electrons. The molecule has 0 spiro atoms. The first-order chi connectivity index (χ1) is 17.9. The highest BCUT2D eigenvalue weighted by Crippen LogP contribution is 2.29. The lowest BCUT2D eigenvalue weighted by atomic mass is 10.1. The first-order valence-electron chi connectivity index (χ1n) is 11.4. The van der Waals surface area contributed by atoms with Gasteiger partial charge < -0.3 is 9.47 Å². The summed E-state index contributed by atoms with van der Waals surface area (Å²) in [6.07, 6.45) is 0. The normalized spacial score (nSPS) is 11.3. The smallest absolute Gasteiger partial charge is 0.250 e. The zero-order chi connectivity index (χ0) is 26.4. The van der Waals surface area contributed by atoms with E-state index in [1.165, 1.54) is 11.8 Å². The van der Waals surface area contributed by atoms with Crippen LogP contribution in [-0.2, 0) is 4.79 Å². The SMILES string of the molecule is COc1ccc(/C(C)=N/NC(=O)CSc2nnc(-c3ccc(Cl)cc3)n2-c2ccc(C)cc2)cc1OC. The highest BCUT2D eigenvalue weighted by Gasteiger charge is 2.17. The van der Waals surface area contributed by atoms with Crippen molar-refractivity contribution in [2.24, 2.45) is 5.10 Å². The number of carbonyl (C=O) groups is 1. The van der Waals surface area contributed by atoms with Crippen LogP contribution in [-0.4, -0.2) is 46.4 Å². The van der Waals surface area contributed by atoms with Crippen LogP contribution >= 0.6 is 23.4 Å². The number of nitrogens with zero attached hydrogens (tertiary/aromatic N) is 4. The molecular formula is C27H26ClN5O3S. The van der Waals surface area contributed by atoms with Crippen molar-refractivity contribution in [2.45, 2.75) is 19.0 Å². The number of methoxy groups -OCH3 is 2. The van der Waals surface area contributed by atoms with Crippen LogP contribution in [0.5, 0.6) is 11.5 Å². The molecule has 0 unspecified atom stereocenters. The highest BCUT2D eigenvalue weighted by atomic mass is 35.5. The lowest BCUT2D eigenvalue weighted by Crippen LogP contribution is -2.21. The summed E-state index contributed by atoms with van der Waals surface area (Å²) in [6, 6.07) is 20.9. The van der Waals surface area contributed by atoms with Gasteiger partial charge in [0.05, 0.1) is 25.7 Å². The maximum atomic E-state index is 12.6. The van der Waals surface area contributed by atoms with E-state index in [1.54, 1.807) is 33.3 Å². The first kappa shape index (κ1) is 26.2. The molecule has 1 heterocycles. The number of hydrogen-bond acceptors (Lipinski definition) is 7. The molecule has 10 heteroatoms. The van der Waals surface area contributed by atoms with Crippen molar-refractivity contribution in [1.29, 1.82) is 0 Å². The highest BCUT2D eigenvalue weighted by molar-refractivity contribution is 7.99. The molecule has 1 aromatic heterocycles. The Bertz CT molecular complexity index is 1420. The van der Waals surface area contributed by atoms with E-state index < -0.39 is 0 Å². The molecule has 1 amide bonds. The Morgan fingerprint density at radius 2 is 1.70 bits per heavy atom. The van der Waals surface area contributed by atoms with Gasteiger partial charge in [-0.25, -0.2) is 5.43 Å². The molecule has 0 bridgehead atoms.